The number of rotatable bonds is 7. The zero-order valence-corrected chi connectivity index (χ0v) is 14.5. The predicted molar refractivity (Wildman–Crippen MR) is 94.0 cm³/mol. The first kappa shape index (κ1) is 18.2. The van der Waals surface area contributed by atoms with Crippen molar-refractivity contribution in [2.45, 2.75) is 12.8 Å². The first-order valence-corrected chi connectivity index (χ1v) is 8.59. The fraction of sp³-hybridized carbons (Fsp3) is 0.353. The molecular formula is C17H21F2N3OS. The molecule has 2 rings (SSSR count). The fourth-order valence-corrected chi connectivity index (χ4v) is 2.83. The summed E-state index contributed by atoms with van der Waals surface area (Å²) in [4.78, 5) is 4.14. The average Bonchev–Trinajstić information content (AvgIpc) is 3.11. The van der Waals surface area contributed by atoms with Crippen LogP contribution < -0.4 is 15.4 Å². The largest absolute Gasteiger partial charge is 0.492 e. The van der Waals surface area contributed by atoms with Crippen molar-refractivity contribution < 1.29 is 13.5 Å². The molecule has 1 unspecified atom stereocenters. The molecule has 2 aromatic rings. The molecule has 0 spiro atoms. The van der Waals surface area contributed by atoms with Crippen LogP contribution in [-0.2, 0) is 0 Å². The molecule has 1 aromatic heterocycles. The van der Waals surface area contributed by atoms with E-state index in [2.05, 4.69) is 39.4 Å². The lowest BCUT2D eigenvalue weighted by Gasteiger charge is -2.15. The van der Waals surface area contributed by atoms with Gasteiger partial charge in [-0.3, -0.25) is 4.99 Å². The Morgan fingerprint density at radius 2 is 2.08 bits per heavy atom. The van der Waals surface area contributed by atoms with E-state index in [0.29, 0.717) is 30.8 Å². The summed E-state index contributed by atoms with van der Waals surface area (Å²) in [6, 6.07) is 5.59. The number of hydrogen-bond acceptors (Lipinski definition) is 3. The van der Waals surface area contributed by atoms with Crippen molar-refractivity contribution in [3.05, 3.63) is 52.2 Å². The minimum atomic E-state index is -0.916. The SMILES string of the molecule is CN=C(NCCOc1ccc(F)c(F)c1)NCC(C)c1ccsc1. The molecule has 7 heteroatoms. The summed E-state index contributed by atoms with van der Waals surface area (Å²) in [5.74, 6) is -0.450. The molecule has 1 heterocycles. The van der Waals surface area contributed by atoms with Crippen LogP contribution in [0.25, 0.3) is 0 Å². The normalized spacial score (nSPS) is 12.8. The number of halogens is 2. The van der Waals surface area contributed by atoms with E-state index in [9.17, 15) is 8.78 Å². The van der Waals surface area contributed by atoms with Gasteiger partial charge in [0, 0.05) is 19.7 Å². The molecule has 0 fully saturated rings. The summed E-state index contributed by atoms with van der Waals surface area (Å²) in [6.45, 7) is 3.71. The molecule has 0 bridgehead atoms. The third-order valence-electron chi connectivity index (χ3n) is 3.47. The molecule has 0 aliphatic heterocycles. The van der Waals surface area contributed by atoms with Crippen molar-refractivity contribution in [2.24, 2.45) is 4.99 Å². The van der Waals surface area contributed by atoms with E-state index in [-0.39, 0.29) is 0 Å². The second-order valence-electron chi connectivity index (χ2n) is 5.26. The summed E-state index contributed by atoms with van der Waals surface area (Å²) in [6.07, 6.45) is 0. The Bertz CT molecular complexity index is 662. The summed E-state index contributed by atoms with van der Waals surface area (Å²) in [5, 5.41) is 10.6. The van der Waals surface area contributed by atoms with E-state index >= 15 is 0 Å². The van der Waals surface area contributed by atoms with Crippen LogP contribution in [0.3, 0.4) is 0 Å². The lowest BCUT2D eigenvalue weighted by Crippen LogP contribution is -2.40. The lowest BCUT2D eigenvalue weighted by atomic mass is 10.1. The second-order valence-corrected chi connectivity index (χ2v) is 6.04. The standard InChI is InChI=1S/C17H21F2N3OS/c1-12(13-5-8-24-11-13)10-22-17(20-2)21-6-7-23-14-3-4-15(18)16(19)9-14/h3-5,8-9,11-12H,6-7,10H2,1-2H3,(H2,20,21,22). The molecule has 24 heavy (non-hydrogen) atoms. The highest BCUT2D eigenvalue weighted by molar-refractivity contribution is 7.07. The van der Waals surface area contributed by atoms with Gasteiger partial charge >= 0.3 is 0 Å². The van der Waals surface area contributed by atoms with Gasteiger partial charge in [-0.1, -0.05) is 6.92 Å². The van der Waals surface area contributed by atoms with Crippen LogP contribution in [-0.4, -0.2) is 32.7 Å². The first-order chi connectivity index (χ1) is 11.6. The van der Waals surface area contributed by atoms with Gasteiger partial charge in [-0.05, 0) is 40.4 Å². The topological polar surface area (TPSA) is 45.7 Å². The van der Waals surface area contributed by atoms with Crippen LogP contribution in [0.4, 0.5) is 8.78 Å². The van der Waals surface area contributed by atoms with Gasteiger partial charge in [0.05, 0.1) is 6.54 Å². The van der Waals surface area contributed by atoms with E-state index in [0.717, 1.165) is 18.7 Å². The average molecular weight is 353 g/mol. The Kier molecular flexibility index (Phi) is 6.99. The van der Waals surface area contributed by atoms with Gasteiger partial charge < -0.3 is 15.4 Å². The Hall–Kier alpha value is -2.15. The molecule has 0 aliphatic rings. The van der Waals surface area contributed by atoms with E-state index in [1.807, 2.05) is 0 Å². The molecule has 1 aromatic carbocycles. The highest BCUT2D eigenvalue weighted by Crippen LogP contribution is 2.17. The van der Waals surface area contributed by atoms with Gasteiger partial charge in [0.2, 0.25) is 0 Å². The van der Waals surface area contributed by atoms with Gasteiger partial charge in [-0.2, -0.15) is 11.3 Å². The number of thiophene rings is 1. The molecule has 4 nitrogen and oxygen atoms in total. The molecule has 0 radical (unpaired) electrons. The quantitative estimate of drug-likeness (QED) is 0.456. The number of hydrogen-bond donors (Lipinski definition) is 2. The maximum atomic E-state index is 13.1. The summed E-state index contributed by atoms with van der Waals surface area (Å²) in [5.41, 5.74) is 1.30. The van der Waals surface area contributed by atoms with Crippen molar-refractivity contribution in [2.75, 3.05) is 26.7 Å². The maximum Gasteiger partial charge on any atom is 0.191 e. The van der Waals surface area contributed by atoms with Crippen LogP contribution in [0.5, 0.6) is 5.75 Å². The van der Waals surface area contributed by atoms with Crippen LogP contribution >= 0.6 is 11.3 Å². The van der Waals surface area contributed by atoms with E-state index < -0.39 is 11.6 Å². The highest BCUT2D eigenvalue weighted by atomic mass is 32.1. The fourth-order valence-electron chi connectivity index (χ4n) is 2.05. The van der Waals surface area contributed by atoms with Crippen molar-refractivity contribution >= 4 is 17.3 Å². The zero-order valence-electron chi connectivity index (χ0n) is 13.7. The number of ether oxygens (including phenoxy) is 1. The van der Waals surface area contributed by atoms with Gasteiger partial charge in [-0.25, -0.2) is 8.78 Å². The van der Waals surface area contributed by atoms with Gasteiger partial charge in [-0.15, -0.1) is 0 Å². The molecule has 0 aliphatic carbocycles. The van der Waals surface area contributed by atoms with E-state index in [1.54, 1.807) is 18.4 Å². The van der Waals surface area contributed by atoms with Crippen LogP contribution in [0.15, 0.2) is 40.0 Å². The monoisotopic (exact) mass is 353 g/mol. The number of benzene rings is 1. The third-order valence-corrected chi connectivity index (χ3v) is 4.17. The second kappa shape index (κ2) is 9.22. The minimum absolute atomic E-state index is 0.296. The lowest BCUT2D eigenvalue weighted by molar-refractivity contribution is 0.318. The summed E-state index contributed by atoms with van der Waals surface area (Å²) < 4.78 is 31.3. The minimum Gasteiger partial charge on any atom is -0.492 e. The maximum absolute atomic E-state index is 13.1. The molecule has 130 valence electrons. The van der Waals surface area contributed by atoms with E-state index in [4.69, 9.17) is 4.74 Å². The van der Waals surface area contributed by atoms with E-state index in [1.165, 1.54) is 11.6 Å². The molecule has 2 N–H and O–H groups in total. The third kappa shape index (κ3) is 5.49. The highest BCUT2D eigenvalue weighted by Gasteiger charge is 2.07. The Morgan fingerprint density at radius 3 is 2.75 bits per heavy atom. The Morgan fingerprint density at radius 1 is 1.25 bits per heavy atom. The summed E-state index contributed by atoms with van der Waals surface area (Å²) >= 11 is 1.68. The van der Waals surface area contributed by atoms with Crippen LogP contribution in [0.2, 0.25) is 0 Å². The first-order valence-electron chi connectivity index (χ1n) is 7.64. The molecular weight excluding hydrogens is 332 g/mol. The zero-order chi connectivity index (χ0) is 17.4. The Labute approximate surface area is 144 Å². The van der Waals surface area contributed by atoms with Crippen LogP contribution in [0, 0.1) is 11.6 Å². The van der Waals surface area contributed by atoms with Gasteiger partial charge in [0.15, 0.2) is 17.6 Å². The number of nitrogens with zero attached hydrogens (tertiary/aromatic N) is 1. The molecule has 0 saturated carbocycles. The van der Waals surface area contributed by atoms with Crippen molar-refractivity contribution in [1.82, 2.24) is 10.6 Å². The number of guanidine groups is 1. The Balaban J connectivity index is 1.69. The van der Waals surface area contributed by atoms with Crippen LogP contribution in [0.1, 0.15) is 18.4 Å². The number of nitrogens with one attached hydrogen (secondary N) is 2. The van der Waals surface area contributed by atoms with Crippen molar-refractivity contribution in [3.8, 4) is 5.75 Å². The van der Waals surface area contributed by atoms with Crippen molar-refractivity contribution in [3.63, 3.8) is 0 Å². The predicted octanol–water partition coefficient (Wildman–Crippen LogP) is 3.37. The number of aliphatic imine (C=N–C) groups is 1. The molecule has 0 amide bonds. The van der Waals surface area contributed by atoms with Gasteiger partial charge in [0.25, 0.3) is 0 Å². The van der Waals surface area contributed by atoms with Crippen molar-refractivity contribution in [1.29, 1.82) is 0 Å². The molecule has 0 saturated heterocycles. The molecule has 1 atom stereocenters. The smallest absolute Gasteiger partial charge is 0.191 e. The summed E-state index contributed by atoms with van der Waals surface area (Å²) in [7, 11) is 1.70. The van der Waals surface area contributed by atoms with Gasteiger partial charge in [0.1, 0.15) is 12.4 Å².